The highest BCUT2D eigenvalue weighted by atomic mass is 16.7. The van der Waals surface area contributed by atoms with Crippen molar-refractivity contribution in [1.82, 2.24) is 0 Å². The van der Waals surface area contributed by atoms with Gasteiger partial charge in [0.1, 0.15) is 24.9 Å². The van der Waals surface area contributed by atoms with Crippen LogP contribution >= 0.6 is 0 Å². The molecule has 1 amide bonds. The van der Waals surface area contributed by atoms with E-state index in [2.05, 4.69) is 0 Å². The Bertz CT molecular complexity index is 782. The van der Waals surface area contributed by atoms with Crippen LogP contribution in [0.4, 0.5) is 0 Å². The van der Waals surface area contributed by atoms with Crippen molar-refractivity contribution in [1.29, 1.82) is 0 Å². The van der Waals surface area contributed by atoms with E-state index in [-0.39, 0.29) is 59.3 Å². The lowest BCUT2D eigenvalue weighted by Crippen LogP contribution is -2.60. The van der Waals surface area contributed by atoms with E-state index in [1.165, 1.54) is 6.92 Å². The largest absolute Gasteiger partial charge is 0.463 e. The number of hydrogen-bond acceptors (Lipinski definition) is 15. The fourth-order valence-corrected chi connectivity index (χ4v) is 3.74. The Morgan fingerprint density at radius 3 is 1.78 bits per heavy atom. The van der Waals surface area contributed by atoms with Gasteiger partial charge in [0, 0.05) is 27.2 Å². The molecule has 1 rings (SSSR count). The molecule has 0 aromatic rings. The first-order chi connectivity index (χ1) is 19.5. The quantitative estimate of drug-likeness (QED) is 0.0703. The number of hydrogen-bond donors (Lipinski definition) is 3. The van der Waals surface area contributed by atoms with Gasteiger partial charge in [0.25, 0.3) is 0 Å². The van der Waals surface area contributed by atoms with Gasteiger partial charge in [-0.2, -0.15) is 0 Å². The van der Waals surface area contributed by atoms with E-state index in [4.69, 9.17) is 58.6 Å². The number of carbonyl (C=O) groups is 4. The maximum absolute atomic E-state index is 11.9. The SMILES string of the molecule is CC(=O)OC[C@H]1O[C@@H](OCCOCCOCCOCCOC[C@H](O)CO)[C@H](CC(N)=O)[C@@H](OC(C)=O)[C@H]1OC(C)=O. The normalized spacial score (nSPS) is 23.0. The molecule has 1 saturated heterocycles. The Balaban J connectivity index is 2.52. The number of ether oxygens (including phenoxy) is 9. The van der Waals surface area contributed by atoms with Crippen LogP contribution in [0, 0.1) is 5.92 Å². The molecule has 0 unspecified atom stereocenters. The molecule has 0 aliphatic carbocycles. The molecule has 4 N–H and O–H groups in total. The van der Waals surface area contributed by atoms with Gasteiger partial charge < -0.3 is 58.6 Å². The Morgan fingerprint density at radius 2 is 1.29 bits per heavy atom. The third kappa shape index (κ3) is 16.6. The molecule has 1 aliphatic rings. The number of aliphatic hydroxyl groups is 2. The lowest BCUT2D eigenvalue weighted by molar-refractivity contribution is -0.293. The van der Waals surface area contributed by atoms with Gasteiger partial charge in [0.15, 0.2) is 12.4 Å². The predicted molar refractivity (Wildman–Crippen MR) is 136 cm³/mol. The van der Waals surface area contributed by atoms with E-state index < -0.39 is 60.4 Å². The highest BCUT2D eigenvalue weighted by Crippen LogP contribution is 2.34. The van der Waals surface area contributed by atoms with Crippen molar-refractivity contribution in [3.63, 3.8) is 0 Å². The van der Waals surface area contributed by atoms with Gasteiger partial charge in [-0.15, -0.1) is 0 Å². The summed E-state index contributed by atoms with van der Waals surface area (Å²) in [5.41, 5.74) is 5.41. The summed E-state index contributed by atoms with van der Waals surface area (Å²) >= 11 is 0. The van der Waals surface area contributed by atoms with Gasteiger partial charge in [0.05, 0.1) is 72.0 Å². The molecule has 0 radical (unpaired) electrons. The van der Waals surface area contributed by atoms with Crippen LogP contribution in [0.25, 0.3) is 0 Å². The van der Waals surface area contributed by atoms with Crippen LogP contribution in [0.1, 0.15) is 27.2 Å². The zero-order valence-electron chi connectivity index (χ0n) is 23.7. The summed E-state index contributed by atoms with van der Waals surface area (Å²) in [7, 11) is 0. The average Bonchev–Trinajstić information content (AvgIpc) is 2.89. The first-order valence-corrected chi connectivity index (χ1v) is 13.2. The third-order valence-electron chi connectivity index (χ3n) is 5.41. The summed E-state index contributed by atoms with van der Waals surface area (Å²) in [4.78, 5) is 46.8. The number of primary amides is 1. The minimum absolute atomic E-state index is 0.0132. The number of esters is 3. The highest BCUT2D eigenvalue weighted by molar-refractivity contribution is 5.74. The summed E-state index contributed by atoms with van der Waals surface area (Å²) in [6, 6.07) is 0. The Morgan fingerprint density at radius 1 is 0.780 bits per heavy atom. The van der Waals surface area contributed by atoms with Crippen molar-refractivity contribution < 1.29 is 72.0 Å². The van der Waals surface area contributed by atoms with Gasteiger partial charge in [-0.25, -0.2) is 0 Å². The minimum atomic E-state index is -1.19. The Labute approximate surface area is 238 Å². The van der Waals surface area contributed by atoms with E-state index in [0.717, 1.165) is 13.8 Å². The lowest BCUT2D eigenvalue weighted by Gasteiger charge is -2.44. The molecule has 0 spiro atoms. The van der Waals surface area contributed by atoms with E-state index in [1.807, 2.05) is 0 Å². The smallest absolute Gasteiger partial charge is 0.303 e. The molecule has 6 atom stereocenters. The van der Waals surface area contributed by atoms with Crippen LogP contribution in [-0.2, 0) is 61.8 Å². The summed E-state index contributed by atoms with van der Waals surface area (Å²) in [5, 5.41) is 17.8. The average molecular weight is 598 g/mol. The van der Waals surface area contributed by atoms with E-state index in [9.17, 15) is 19.2 Å². The first kappa shape index (κ1) is 36.6. The Kier molecular flexibility index (Phi) is 19.0. The number of carbonyl (C=O) groups excluding carboxylic acids is 4. The second-order valence-electron chi connectivity index (χ2n) is 8.95. The molecular formula is C25H43NO15. The molecule has 1 heterocycles. The van der Waals surface area contributed by atoms with Crippen molar-refractivity contribution in [2.45, 2.75) is 57.9 Å². The molecule has 238 valence electrons. The van der Waals surface area contributed by atoms with Crippen LogP contribution < -0.4 is 5.73 Å². The minimum Gasteiger partial charge on any atom is -0.463 e. The number of aliphatic hydroxyl groups excluding tert-OH is 2. The van der Waals surface area contributed by atoms with Gasteiger partial charge in [0.2, 0.25) is 5.91 Å². The summed E-state index contributed by atoms with van der Waals surface area (Å²) in [6.07, 6.45) is -5.77. The van der Waals surface area contributed by atoms with Gasteiger partial charge in [-0.3, -0.25) is 19.2 Å². The van der Waals surface area contributed by atoms with Crippen LogP contribution in [0.2, 0.25) is 0 Å². The van der Waals surface area contributed by atoms with Gasteiger partial charge >= 0.3 is 17.9 Å². The van der Waals surface area contributed by atoms with Crippen LogP contribution in [0.15, 0.2) is 0 Å². The second-order valence-corrected chi connectivity index (χ2v) is 8.95. The topological polar surface area (TPSA) is 218 Å². The van der Waals surface area contributed by atoms with Crippen molar-refractivity contribution in [3.05, 3.63) is 0 Å². The maximum Gasteiger partial charge on any atom is 0.303 e. The van der Waals surface area contributed by atoms with E-state index in [1.54, 1.807) is 0 Å². The predicted octanol–water partition coefficient (Wildman–Crippen LogP) is -1.93. The zero-order valence-corrected chi connectivity index (χ0v) is 23.7. The summed E-state index contributed by atoms with van der Waals surface area (Å²) in [6.45, 7) is 4.78. The number of nitrogens with two attached hydrogens (primary N) is 1. The van der Waals surface area contributed by atoms with E-state index >= 15 is 0 Å². The van der Waals surface area contributed by atoms with Gasteiger partial charge in [-0.1, -0.05) is 0 Å². The molecular weight excluding hydrogens is 554 g/mol. The summed E-state index contributed by atoms with van der Waals surface area (Å²) < 4.78 is 48.7. The molecule has 0 aromatic heterocycles. The van der Waals surface area contributed by atoms with Crippen molar-refractivity contribution in [2.24, 2.45) is 11.7 Å². The molecule has 1 aliphatic heterocycles. The van der Waals surface area contributed by atoms with Crippen molar-refractivity contribution in [3.8, 4) is 0 Å². The van der Waals surface area contributed by atoms with Crippen molar-refractivity contribution >= 4 is 23.8 Å². The standard InChI is InChI=1S/C25H43NO15/c1-16(28)38-15-21-24(40-18(3)30)23(39-17(2)29)20(12-22(26)32)25(41-21)37-11-10-35-7-6-33-4-5-34-8-9-36-14-19(31)13-27/h19-21,23-25,27,31H,4-15H2,1-3H3,(H2,26,32)/t19-,20-,21-,23-,24+,25-/m1/s1. The molecule has 0 bridgehead atoms. The van der Waals surface area contributed by atoms with Crippen LogP contribution in [0.5, 0.6) is 0 Å². The number of rotatable bonds is 22. The highest BCUT2D eigenvalue weighted by Gasteiger charge is 2.51. The van der Waals surface area contributed by atoms with Gasteiger partial charge in [-0.05, 0) is 0 Å². The summed E-state index contributed by atoms with van der Waals surface area (Å²) in [5.74, 6) is -3.67. The molecule has 16 heteroatoms. The van der Waals surface area contributed by atoms with Crippen molar-refractivity contribution in [2.75, 3.05) is 72.7 Å². The zero-order chi connectivity index (χ0) is 30.6. The molecule has 41 heavy (non-hydrogen) atoms. The first-order valence-electron chi connectivity index (χ1n) is 13.2. The molecule has 0 saturated carbocycles. The third-order valence-corrected chi connectivity index (χ3v) is 5.41. The van der Waals surface area contributed by atoms with Crippen LogP contribution in [0.3, 0.4) is 0 Å². The van der Waals surface area contributed by atoms with Crippen LogP contribution in [-0.4, -0.2) is 137 Å². The van der Waals surface area contributed by atoms with E-state index in [0.29, 0.717) is 19.8 Å². The monoisotopic (exact) mass is 597 g/mol. The number of amides is 1. The Hall–Kier alpha value is -2.44. The molecule has 1 fully saturated rings. The maximum atomic E-state index is 11.9. The molecule has 0 aromatic carbocycles. The fourth-order valence-electron chi connectivity index (χ4n) is 3.74. The fraction of sp³-hybridized carbons (Fsp3) is 0.840. The lowest BCUT2D eigenvalue weighted by atomic mass is 9.87. The molecule has 16 nitrogen and oxygen atoms in total. The second kappa shape index (κ2) is 21.3.